The van der Waals surface area contributed by atoms with E-state index in [9.17, 15) is 0 Å². The van der Waals surface area contributed by atoms with E-state index in [-0.39, 0.29) is 152 Å². The number of carbonyl (C=O) groups excluding carboxylic acids is 4. The molecule has 0 spiro atoms. The van der Waals surface area contributed by atoms with Crippen LogP contribution in [0.15, 0.2) is 358 Å². The Morgan fingerprint density at radius 1 is 0.306 bits per heavy atom. The first-order valence-corrected chi connectivity index (χ1v) is 40.7. The largest absolute Gasteiger partial charge is 0.485 e. The van der Waals surface area contributed by atoms with Crippen molar-refractivity contribution in [2.45, 2.75) is 97.1 Å². The number of fused-ring (bicyclic) bond motifs is 3. The number of methoxy groups -OCH3 is 1. The third-order valence-corrected chi connectivity index (χ3v) is 20.3. The van der Waals surface area contributed by atoms with Crippen molar-refractivity contribution in [3.8, 4) is 62.9 Å². The quantitative estimate of drug-likeness (QED) is 0.0260. The molecule has 1 heterocycles. The minimum Gasteiger partial charge on any atom is -0.485 e. The van der Waals surface area contributed by atoms with Crippen LogP contribution in [0.1, 0.15) is 92.3 Å². The highest BCUT2D eigenvalue weighted by Crippen LogP contribution is 2.56. The van der Waals surface area contributed by atoms with Crippen molar-refractivity contribution in [3.05, 3.63) is 436 Å². The van der Waals surface area contributed by atoms with Crippen LogP contribution in [0, 0.1) is 0 Å². The van der Waals surface area contributed by atoms with Gasteiger partial charge in [0, 0.05) is 11.1 Å². The molecule has 0 fully saturated rings. The molecule has 19 heteroatoms. The predicted octanol–water partition coefficient (Wildman–Crippen LogP) is 20.8. The molecule has 1 aliphatic rings. The molecule has 0 N–H and O–H groups in total. The van der Waals surface area contributed by atoms with Gasteiger partial charge in [-0.15, -0.1) is 0 Å². The molecule has 124 heavy (non-hydrogen) atoms. The standard InChI is InChI=1S/C105H90O19/c1-110-105(109)101(121-71-83-55-33-12-34-56-83)100(120-70-82-53-31-11-32-54-82)97-91(123-102(106)84-57-87(111-61-73-35-13-2-14-36-73)94(115-65-77-43-21-6-22-44-77)88(58-84)112-62-74-37-15-3-16-38-74)72-122-103(107)85-59-89(113-63-75-39-17-4-18-40-75)95(116-66-78-45-23-7-24-46-78)98(118-68-80-49-27-9-28-50-80)92(85)93-86(104(108)124-97)60-90(114-64-76-41-19-5-20-42-76)96(117-67-79-47-25-8-26-48-79)99(93)119-69-81-51-29-10-30-52-81/h2-60,91,97,100-101H,61-72H2,1H3/t91-,97-,100+,101-/m1/s1. The molecule has 1 aliphatic heterocycles. The van der Waals surface area contributed by atoms with Gasteiger partial charge < -0.3 is 71.1 Å². The molecule has 14 aromatic carbocycles. The topological polar surface area (TPSA) is 207 Å². The minimum atomic E-state index is -2.09. The van der Waals surface area contributed by atoms with Crippen LogP contribution in [-0.4, -0.2) is 62.0 Å². The molecule has 0 radical (unpaired) electrons. The Kier molecular flexibility index (Phi) is 29.1. The smallest absolute Gasteiger partial charge is 0.339 e. The molecule has 14 aromatic rings. The minimum absolute atomic E-state index is 0.00558. The van der Waals surface area contributed by atoms with Crippen molar-refractivity contribution in [1.82, 2.24) is 0 Å². The second-order valence-corrected chi connectivity index (χ2v) is 29.1. The molecule has 0 unspecified atom stereocenters. The number of esters is 4. The van der Waals surface area contributed by atoms with Crippen molar-refractivity contribution in [1.29, 1.82) is 0 Å². The van der Waals surface area contributed by atoms with E-state index >= 15 is 19.2 Å². The SMILES string of the molecule is COC(=O)[C@H](OCc1ccccc1)[C@@H](OCc1ccccc1)[C@@H]1OC(=O)c2cc(OCc3ccccc3)c(OCc3ccccc3)c(OCc3ccccc3)c2-c2c(cc(OCc3ccccc3)c(OCc3ccccc3)c2OCc2ccccc2)C(=O)OC[C@H]1OC(=O)c1cc(OCc2ccccc2)c(OCc2ccccc2)c(OCc2ccccc2)c1. The number of cyclic esters (lactones) is 2. The summed E-state index contributed by atoms with van der Waals surface area (Å²) in [7, 11) is 1.17. The lowest BCUT2D eigenvalue weighted by Crippen LogP contribution is -2.54. The van der Waals surface area contributed by atoms with Crippen LogP contribution in [0.5, 0.6) is 51.7 Å². The highest BCUT2D eigenvalue weighted by atomic mass is 16.6. The maximum Gasteiger partial charge on any atom is 0.339 e. The molecule has 0 saturated carbocycles. The monoisotopic (exact) mass is 1650 g/mol. The van der Waals surface area contributed by atoms with Crippen molar-refractivity contribution in [2.24, 2.45) is 0 Å². The predicted molar refractivity (Wildman–Crippen MR) is 466 cm³/mol. The molecule has 0 saturated heterocycles. The van der Waals surface area contributed by atoms with Crippen LogP contribution in [0.3, 0.4) is 0 Å². The average Bonchev–Trinajstić information content (AvgIpc) is 1.05. The van der Waals surface area contributed by atoms with Crippen LogP contribution in [0.4, 0.5) is 0 Å². The summed E-state index contributed by atoms with van der Waals surface area (Å²) < 4.78 is 104. The van der Waals surface area contributed by atoms with Gasteiger partial charge in [0.15, 0.2) is 52.8 Å². The van der Waals surface area contributed by atoms with Crippen molar-refractivity contribution in [2.75, 3.05) is 13.7 Å². The lowest BCUT2D eigenvalue weighted by atomic mass is 9.91. The second kappa shape index (κ2) is 42.8. The summed E-state index contributed by atoms with van der Waals surface area (Å²) in [5.41, 5.74) is 6.70. The second-order valence-electron chi connectivity index (χ2n) is 29.1. The first kappa shape index (κ1) is 84.1. The summed E-state index contributed by atoms with van der Waals surface area (Å²) in [5.74, 6) is -4.56. The number of hydrogen-bond acceptors (Lipinski definition) is 19. The third-order valence-electron chi connectivity index (χ3n) is 20.3. The molecule has 0 bridgehead atoms. The number of carbonyl (C=O) groups is 4. The van der Waals surface area contributed by atoms with Gasteiger partial charge in [0.2, 0.25) is 17.2 Å². The maximum absolute atomic E-state index is 17.7. The van der Waals surface area contributed by atoms with Crippen LogP contribution < -0.4 is 42.6 Å². The molecule has 4 atom stereocenters. The van der Waals surface area contributed by atoms with E-state index in [0.29, 0.717) is 22.3 Å². The molecule has 0 aliphatic carbocycles. The van der Waals surface area contributed by atoms with E-state index in [1.807, 2.05) is 285 Å². The fourth-order valence-corrected chi connectivity index (χ4v) is 13.9. The highest BCUT2D eigenvalue weighted by molar-refractivity contribution is 6.09. The number of ether oxygens (including phenoxy) is 15. The van der Waals surface area contributed by atoms with Crippen LogP contribution in [0.25, 0.3) is 11.1 Å². The molecular weight excluding hydrogens is 1570 g/mol. The van der Waals surface area contributed by atoms with Gasteiger partial charge >= 0.3 is 23.9 Å². The van der Waals surface area contributed by atoms with E-state index < -0.39 is 54.9 Å². The molecule has 0 aromatic heterocycles. The third kappa shape index (κ3) is 22.6. The molecular formula is C105H90O19. The zero-order valence-corrected chi connectivity index (χ0v) is 68.1. The lowest BCUT2D eigenvalue weighted by Gasteiger charge is -2.35. The van der Waals surface area contributed by atoms with Gasteiger partial charge in [0.1, 0.15) is 72.2 Å². The Hall–Kier alpha value is -14.9. The first-order chi connectivity index (χ1) is 61.1. The highest BCUT2D eigenvalue weighted by Gasteiger charge is 2.48. The molecule has 624 valence electrons. The summed E-state index contributed by atoms with van der Waals surface area (Å²) in [4.78, 5) is 66.5. The Bertz CT molecular complexity index is 5700. The lowest BCUT2D eigenvalue weighted by molar-refractivity contribution is -0.189. The van der Waals surface area contributed by atoms with Gasteiger partial charge in [-0.2, -0.15) is 0 Å². The normalized spacial score (nSPS) is 13.4. The van der Waals surface area contributed by atoms with E-state index in [1.54, 1.807) is 48.5 Å². The Morgan fingerprint density at radius 3 is 0.871 bits per heavy atom. The molecule has 15 rings (SSSR count). The van der Waals surface area contributed by atoms with E-state index in [4.69, 9.17) is 71.1 Å². The van der Waals surface area contributed by atoms with Gasteiger partial charge in [0.25, 0.3) is 0 Å². The Balaban J connectivity index is 0.997. The van der Waals surface area contributed by atoms with Gasteiger partial charge in [-0.25, -0.2) is 19.2 Å². The van der Waals surface area contributed by atoms with Gasteiger partial charge in [-0.1, -0.05) is 334 Å². The number of benzene rings is 14. The van der Waals surface area contributed by atoms with Crippen LogP contribution in [0.2, 0.25) is 0 Å². The van der Waals surface area contributed by atoms with E-state index in [1.165, 1.54) is 31.4 Å². The summed E-state index contributed by atoms with van der Waals surface area (Å²) in [6.45, 7) is -2.22. The van der Waals surface area contributed by atoms with Crippen molar-refractivity contribution >= 4 is 23.9 Å². The van der Waals surface area contributed by atoms with Crippen LogP contribution in [-0.2, 0) is 106 Å². The summed E-state index contributed by atoms with van der Waals surface area (Å²) in [6.07, 6.45) is -7.83. The average molecular weight is 1660 g/mol. The zero-order chi connectivity index (χ0) is 84.9. The summed E-state index contributed by atoms with van der Waals surface area (Å²) in [5, 5.41) is 0. The molecule has 19 nitrogen and oxygen atoms in total. The first-order valence-electron chi connectivity index (χ1n) is 40.7. The summed E-state index contributed by atoms with van der Waals surface area (Å²) >= 11 is 0. The zero-order valence-electron chi connectivity index (χ0n) is 68.1. The maximum atomic E-state index is 17.7. The van der Waals surface area contributed by atoms with E-state index in [2.05, 4.69) is 0 Å². The molecule has 0 amide bonds. The fourth-order valence-electron chi connectivity index (χ4n) is 13.9. The van der Waals surface area contributed by atoms with Crippen molar-refractivity contribution in [3.63, 3.8) is 0 Å². The van der Waals surface area contributed by atoms with Crippen LogP contribution >= 0.6 is 0 Å². The summed E-state index contributed by atoms with van der Waals surface area (Å²) in [6, 6.07) is 109. The number of hydrogen-bond donors (Lipinski definition) is 0. The van der Waals surface area contributed by atoms with Gasteiger partial charge in [0.05, 0.1) is 37.0 Å². The Labute approximate surface area is 719 Å². The van der Waals surface area contributed by atoms with Crippen molar-refractivity contribution < 1.29 is 90.2 Å². The fraction of sp³-hybridized carbons (Fsp3) is 0.162. The van der Waals surface area contributed by atoms with E-state index in [0.717, 1.165) is 38.9 Å². The van der Waals surface area contributed by atoms with Gasteiger partial charge in [-0.3, -0.25) is 0 Å². The Morgan fingerprint density at radius 2 is 0.565 bits per heavy atom. The van der Waals surface area contributed by atoms with Gasteiger partial charge in [-0.05, 0) is 85.5 Å². The number of rotatable bonds is 38.